The summed E-state index contributed by atoms with van der Waals surface area (Å²) < 4.78 is 17.8. The highest BCUT2D eigenvalue weighted by Crippen LogP contribution is 2.29. The number of hydrogen-bond donors (Lipinski definition) is 1. The first-order valence-electron chi connectivity index (χ1n) is 9.40. The molecule has 0 aliphatic heterocycles. The second-order valence-corrected chi connectivity index (χ2v) is 8.25. The van der Waals surface area contributed by atoms with Crippen LogP contribution < -0.4 is 14.8 Å². The molecular formula is C21H22N2O5S2. The Hall–Kier alpha value is -2.78. The average Bonchev–Trinajstić information content (AvgIpc) is 3.18. The number of nitrogens with one attached hydrogen (secondary N) is 1. The monoisotopic (exact) mass is 446 g/mol. The second-order valence-electron chi connectivity index (χ2n) is 6.00. The first-order chi connectivity index (χ1) is 14.6. The van der Waals surface area contributed by atoms with Gasteiger partial charge in [-0.1, -0.05) is 23.9 Å². The van der Waals surface area contributed by atoms with E-state index in [9.17, 15) is 9.59 Å². The van der Waals surface area contributed by atoms with Gasteiger partial charge in [0, 0.05) is 0 Å². The topological polar surface area (TPSA) is 86.8 Å². The van der Waals surface area contributed by atoms with Crippen molar-refractivity contribution in [2.75, 3.05) is 32.1 Å². The van der Waals surface area contributed by atoms with Crippen molar-refractivity contribution < 1.29 is 23.8 Å². The number of carbonyl (C=O) groups is 2. The molecule has 3 aromatic rings. The number of amides is 1. The molecule has 0 saturated carbocycles. The SMILES string of the molecule is CCOc1ccc(OCCNC(=O)COC(=O)CSc2nc3ccccc3s2)cc1. The van der Waals surface area contributed by atoms with E-state index in [1.807, 2.05) is 43.3 Å². The van der Waals surface area contributed by atoms with Gasteiger partial charge >= 0.3 is 5.97 Å². The number of thiazole rings is 1. The van der Waals surface area contributed by atoms with E-state index in [0.717, 1.165) is 20.3 Å². The van der Waals surface area contributed by atoms with E-state index in [1.54, 1.807) is 12.1 Å². The van der Waals surface area contributed by atoms with Gasteiger partial charge in [-0.2, -0.15) is 0 Å². The summed E-state index contributed by atoms with van der Waals surface area (Å²) in [6, 6.07) is 15.0. The molecule has 0 radical (unpaired) electrons. The van der Waals surface area contributed by atoms with E-state index in [0.29, 0.717) is 25.5 Å². The van der Waals surface area contributed by atoms with Crippen molar-refractivity contribution in [3.05, 3.63) is 48.5 Å². The molecule has 158 valence electrons. The molecule has 3 rings (SSSR count). The van der Waals surface area contributed by atoms with Crippen molar-refractivity contribution in [1.29, 1.82) is 0 Å². The summed E-state index contributed by atoms with van der Waals surface area (Å²) in [5.41, 5.74) is 0.908. The van der Waals surface area contributed by atoms with E-state index in [4.69, 9.17) is 14.2 Å². The van der Waals surface area contributed by atoms with Crippen LogP contribution in [0.3, 0.4) is 0 Å². The number of aromatic nitrogens is 1. The van der Waals surface area contributed by atoms with Crippen LogP contribution in [-0.2, 0) is 14.3 Å². The molecule has 1 aromatic heterocycles. The molecule has 1 heterocycles. The van der Waals surface area contributed by atoms with Gasteiger partial charge in [0.15, 0.2) is 10.9 Å². The molecule has 0 aliphatic rings. The number of fused-ring (bicyclic) bond motifs is 1. The highest BCUT2D eigenvalue weighted by molar-refractivity contribution is 8.01. The van der Waals surface area contributed by atoms with Crippen molar-refractivity contribution in [2.24, 2.45) is 0 Å². The number of carbonyl (C=O) groups excluding carboxylic acids is 2. The number of thioether (sulfide) groups is 1. The molecule has 0 unspecified atom stereocenters. The van der Waals surface area contributed by atoms with Gasteiger partial charge in [-0.25, -0.2) is 4.98 Å². The molecule has 30 heavy (non-hydrogen) atoms. The largest absolute Gasteiger partial charge is 0.494 e. The summed E-state index contributed by atoms with van der Waals surface area (Å²) in [5, 5.41) is 2.65. The number of rotatable bonds is 11. The zero-order valence-corrected chi connectivity index (χ0v) is 18.1. The standard InChI is InChI=1S/C21H22N2O5S2/c1-2-26-15-7-9-16(10-8-15)27-12-11-22-19(24)13-28-20(25)14-29-21-23-17-5-3-4-6-18(17)30-21/h3-10H,2,11-14H2,1H3,(H,22,24). The Bertz CT molecular complexity index is 942. The lowest BCUT2D eigenvalue weighted by Crippen LogP contribution is -2.32. The lowest BCUT2D eigenvalue weighted by molar-refractivity contribution is -0.145. The molecule has 0 fully saturated rings. The minimum atomic E-state index is -0.458. The molecule has 1 amide bonds. The highest BCUT2D eigenvalue weighted by atomic mass is 32.2. The molecule has 7 nitrogen and oxygen atoms in total. The Morgan fingerprint density at radius 2 is 1.80 bits per heavy atom. The van der Waals surface area contributed by atoms with Gasteiger partial charge in [-0.3, -0.25) is 9.59 Å². The lowest BCUT2D eigenvalue weighted by atomic mass is 10.3. The van der Waals surface area contributed by atoms with Crippen LogP contribution in [0, 0.1) is 0 Å². The third kappa shape index (κ3) is 6.93. The molecule has 9 heteroatoms. The Labute approximate surface area is 182 Å². The average molecular weight is 447 g/mol. The zero-order chi connectivity index (χ0) is 21.2. The number of hydrogen-bond acceptors (Lipinski definition) is 8. The molecule has 0 aliphatic carbocycles. The molecule has 2 aromatic carbocycles. The molecular weight excluding hydrogens is 424 g/mol. The van der Waals surface area contributed by atoms with Crippen LogP contribution in [0.1, 0.15) is 6.92 Å². The van der Waals surface area contributed by atoms with E-state index in [2.05, 4.69) is 10.3 Å². The van der Waals surface area contributed by atoms with Gasteiger partial charge in [-0.15, -0.1) is 11.3 Å². The number of nitrogens with zero attached hydrogens (tertiary/aromatic N) is 1. The fourth-order valence-electron chi connectivity index (χ4n) is 2.43. The normalized spacial score (nSPS) is 10.6. The van der Waals surface area contributed by atoms with Crippen molar-refractivity contribution in [1.82, 2.24) is 10.3 Å². The van der Waals surface area contributed by atoms with Gasteiger partial charge < -0.3 is 19.5 Å². The number of esters is 1. The van der Waals surface area contributed by atoms with Gasteiger partial charge in [0.25, 0.3) is 5.91 Å². The molecule has 0 atom stereocenters. The predicted octanol–water partition coefficient (Wildman–Crippen LogP) is 3.53. The summed E-state index contributed by atoms with van der Waals surface area (Å²) in [7, 11) is 0. The Kier molecular flexibility index (Phi) is 8.34. The third-order valence-electron chi connectivity index (χ3n) is 3.78. The maximum atomic E-state index is 11.8. The molecule has 0 saturated heterocycles. The summed E-state index contributed by atoms with van der Waals surface area (Å²) in [6.07, 6.45) is 0. The van der Waals surface area contributed by atoms with Crippen LogP contribution in [0.2, 0.25) is 0 Å². The van der Waals surface area contributed by atoms with E-state index >= 15 is 0 Å². The number of para-hydroxylation sites is 1. The van der Waals surface area contributed by atoms with Gasteiger partial charge in [0.05, 0.1) is 29.1 Å². The van der Waals surface area contributed by atoms with Gasteiger partial charge in [0.1, 0.15) is 18.1 Å². The van der Waals surface area contributed by atoms with Crippen LogP contribution >= 0.6 is 23.1 Å². The van der Waals surface area contributed by atoms with Gasteiger partial charge in [0.2, 0.25) is 0 Å². The summed E-state index contributed by atoms with van der Waals surface area (Å²) in [6.45, 7) is 2.83. The van der Waals surface area contributed by atoms with Crippen LogP contribution in [0.5, 0.6) is 11.5 Å². The van der Waals surface area contributed by atoms with Crippen molar-refractivity contribution in [3.8, 4) is 11.5 Å². The number of benzene rings is 2. The van der Waals surface area contributed by atoms with E-state index < -0.39 is 5.97 Å². The van der Waals surface area contributed by atoms with Gasteiger partial charge in [-0.05, 0) is 43.3 Å². The lowest BCUT2D eigenvalue weighted by Gasteiger charge is -2.09. The quantitative estimate of drug-likeness (QED) is 0.274. The smallest absolute Gasteiger partial charge is 0.316 e. The Morgan fingerprint density at radius 3 is 2.53 bits per heavy atom. The molecule has 0 bridgehead atoms. The molecule has 0 spiro atoms. The zero-order valence-electron chi connectivity index (χ0n) is 16.5. The van der Waals surface area contributed by atoms with Crippen LogP contribution in [0.15, 0.2) is 52.9 Å². The van der Waals surface area contributed by atoms with Crippen molar-refractivity contribution in [3.63, 3.8) is 0 Å². The number of ether oxygens (including phenoxy) is 3. The predicted molar refractivity (Wildman–Crippen MR) is 117 cm³/mol. The fraction of sp³-hybridized carbons (Fsp3) is 0.286. The first-order valence-corrected chi connectivity index (χ1v) is 11.2. The summed E-state index contributed by atoms with van der Waals surface area (Å²) >= 11 is 2.82. The van der Waals surface area contributed by atoms with Crippen molar-refractivity contribution >= 4 is 45.2 Å². The van der Waals surface area contributed by atoms with E-state index in [1.165, 1.54) is 23.1 Å². The second kappa shape index (κ2) is 11.4. The van der Waals surface area contributed by atoms with Crippen molar-refractivity contribution in [2.45, 2.75) is 11.3 Å². The molecule has 1 N–H and O–H groups in total. The maximum Gasteiger partial charge on any atom is 0.316 e. The minimum Gasteiger partial charge on any atom is -0.494 e. The van der Waals surface area contributed by atoms with Crippen LogP contribution in [0.25, 0.3) is 10.2 Å². The van der Waals surface area contributed by atoms with E-state index in [-0.39, 0.29) is 18.3 Å². The summed E-state index contributed by atoms with van der Waals surface area (Å²) in [5.74, 6) is 0.740. The highest BCUT2D eigenvalue weighted by Gasteiger charge is 2.10. The van der Waals surface area contributed by atoms with Crippen LogP contribution in [0.4, 0.5) is 0 Å². The minimum absolute atomic E-state index is 0.105. The maximum absolute atomic E-state index is 11.8. The Balaban J connectivity index is 1.28. The van der Waals surface area contributed by atoms with Crippen LogP contribution in [-0.4, -0.2) is 49.0 Å². The first kappa shape index (κ1) is 21.9. The third-order valence-corrected chi connectivity index (χ3v) is 5.93. The Morgan fingerprint density at radius 1 is 1.07 bits per heavy atom. The summed E-state index contributed by atoms with van der Waals surface area (Å²) in [4.78, 5) is 28.1. The fourth-order valence-corrected chi connectivity index (χ4v) is 4.30.